The van der Waals surface area contributed by atoms with Gasteiger partial charge in [0, 0.05) is 5.92 Å². The van der Waals surface area contributed by atoms with Gasteiger partial charge in [-0.3, -0.25) is 4.79 Å². The lowest BCUT2D eigenvalue weighted by Crippen LogP contribution is -2.19. The zero-order valence-electron chi connectivity index (χ0n) is 8.75. The molecular weight excluding hydrogens is 233 g/mol. The standard InChI is InChI=1S/C12H9F3O2/c13-12(14,15)8-3-1-7(2-4-8)11-5-9(11)6-17-10(11)16/h1-4,9H,5-6H2. The van der Waals surface area contributed by atoms with Crippen LogP contribution in [-0.2, 0) is 21.1 Å². The lowest BCUT2D eigenvalue weighted by Gasteiger charge is -2.11. The van der Waals surface area contributed by atoms with Crippen LogP contribution in [0.2, 0.25) is 0 Å². The normalized spacial score (nSPS) is 31.0. The molecule has 2 aliphatic rings. The summed E-state index contributed by atoms with van der Waals surface area (Å²) in [7, 11) is 0. The van der Waals surface area contributed by atoms with Crippen molar-refractivity contribution in [2.75, 3.05) is 6.61 Å². The number of fused-ring (bicyclic) bond motifs is 1. The minimum absolute atomic E-state index is 0.145. The summed E-state index contributed by atoms with van der Waals surface area (Å²) in [6.07, 6.45) is -3.65. The molecule has 1 aliphatic carbocycles. The molecule has 2 fully saturated rings. The number of carbonyl (C=O) groups is 1. The van der Waals surface area contributed by atoms with E-state index < -0.39 is 17.2 Å². The first-order valence-electron chi connectivity index (χ1n) is 5.29. The van der Waals surface area contributed by atoms with Crippen molar-refractivity contribution in [2.45, 2.75) is 18.0 Å². The van der Waals surface area contributed by atoms with Crippen molar-refractivity contribution < 1.29 is 22.7 Å². The molecule has 0 N–H and O–H groups in total. The molecule has 1 aromatic carbocycles. The van der Waals surface area contributed by atoms with Crippen LogP contribution in [0.5, 0.6) is 0 Å². The molecule has 2 unspecified atom stereocenters. The van der Waals surface area contributed by atoms with Gasteiger partial charge in [0.25, 0.3) is 0 Å². The highest BCUT2D eigenvalue weighted by atomic mass is 19.4. The highest BCUT2D eigenvalue weighted by molar-refractivity contribution is 5.89. The van der Waals surface area contributed by atoms with Gasteiger partial charge in [0.2, 0.25) is 0 Å². The van der Waals surface area contributed by atoms with Crippen LogP contribution in [0.25, 0.3) is 0 Å². The molecule has 17 heavy (non-hydrogen) atoms. The molecule has 2 atom stereocenters. The fraction of sp³-hybridized carbons (Fsp3) is 0.417. The first-order valence-corrected chi connectivity index (χ1v) is 5.29. The topological polar surface area (TPSA) is 26.3 Å². The third-order valence-electron chi connectivity index (χ3n) is 3.61. The Morgan fingerprint density at radius 2 is 1.88 bits per heavy atom. The van der Waals surface area contributed by atoms with Crippen LogP contribution in [0.3, 0.4) is 0 Å². The van der Waals surface area contributed by atoms with Crippen LogP contribution in [0.1, 0.15) is 17.5 Å². The third-order valence-corrected chi connectivity index (χ3v) is 3.61. The average molecular weight is 242 g/mol. The second-order valence-corrected chi connectivity index (χ2v) is 4.55. The lowest BCUT2D eigenvalue weighted by atomic mass is 9.94. The minimum Gasteiger partial charge on any atom is -0.465 e. The smallest absolute Gasteiger partial charge is 0.416 e. The van der Waals surface area contributed by atoms with Gasteiger partial charge in [-0.15, -0.1) is 0 Å². The van der Waals surface area contributed by atoms with Crippen LogP contribution in [0.4, 0.5) is 13.2 Å². The Balaban J connectivity index is 1.94. The molecule has 1 saturated carbocycles. The predicted molar refractivity (Wildman–Crippen MR) is 52.2 cm³/mol. The van der Waals surface area contributed by atoms with Gasteiger partial charge in [-0.25, -0.2) is 0 Å². The second-order valence-electron chi connectivity index (χ2n) is 4.55. The maximum atomic E-state index is 12.4. The molecule has 0 bridgehead atoms. The largest absolute Gasteiger partial charge is 0.465 e. The summed E-state index contributed by atoms with van der Waals surface area (Å²) in [4.78, 5) is 11.6. The maximum Gasteiger partial charge on any atom is 0.416 e. The molecule has 0 aromatic heterocycles. The van der Waals surface area contributed by atoms with E-state index in [2.05, 4.69) is 0 Å². The fourth-order valence-corrected chi connectivity index (χ4v) is 2.51. The van der Waals surface area contributed by atoms with Gasteiger partial charge < -0.3 is 4.74 Å². The van der Waals surface area contributed by atoms with Crippen molar-refractivity contribution in [1.82, 2.24) is 0 Å². The summed E-state index contributed by atoms with van der Waals surface area (Å²) >= 11 is 0. The Kier molecular flexibility index (Phi) is 1.89. The Bertz CT molecular complexity index is 478. The van der Waals surface area contributed by atoms with E-state index >= 15 is 0 Å². The van der Waals surface area contributed by atoms with Crippen LogP contribution in [0.15, 0.2) is 24.3 Å². The fourth-order valence-electron chi connectivity index (χ4n) is 2.51. The zero-order chi connectivity index (χ0) is 12.3. The van der Waals surface area contributed by atoms with Gasteiger partial charge in [0.1, 0.15) is 0 Å². The molecule has 2 nitrogen and oxygen atoms in total. The summed E-state index contributed by atoms with van der Waals surface area (Å²) in [6, 6.07) is 4.81. The number of benzene rings is 1. The summed E-state index contributed by atoms with van der Waals surface area (Å²) in [5.41, 5.74) is -0.705. The van der Waals surface area contributed by atoms with Gasteiger partial charge in [0.15, 0.2) is 0 Å². The van der Waals surface area contributed by atoms with Crippen molar-refractivity contribution in [2.24, 2.45) is 5.92 Å². The number of esters is 1. The number of ether oxygens (including phenoxy) is 1. The van der Waals surface area contributed by atoms with Crippen molar-refractivity contribution in [3.63, 3.8) is 0 Å². The second kappa shape index (κ2) is 3.03. The van der Waals surface area contributed by atoms with E-state index in [9.17, 15) is 18.0 Å². The summed E-state index contributed by atoms with van der Waals surface area (Å²) < 4.78 is 42.1. The predicted octanol–water partition coefficient (Wildman–Crippen LogP) is 2.52. The summed E-state index contributed by atoms with van der Waals surface area (Å²) in [5, 5.41) is 0. The van der Waals surface area contributed by atoms with Crippen molar-refractivity contribution in [1.29, 1.82) is 0 Å². The van der Waals surface area contributed by atoms with Crippen molar-refractivity contribution in [3.8, 4) is 0 Å². The van der Waals surface area contributed by atoms with E-state index in [4.69, 9.17) is 4.74 Å². The van der Waals surface area contributed by atoms with Crippen molar-refractivity contribution in [3.05, 3.63) is 35.4 Å². The molecule has 1 aromatic rings. The molecule has 0 spiro atoms. The molecule has 1 saturated heterocycles. The Labute approximate surface area is 95.4 Å². The minimum atomic E-state index is -4.34. The highest BCUT2D eigenvalue weighted by Crippen LogP contribution is 2.59. The van der Waals surface area contributed by atoms with Crippen LogP contribution < -0.4 is 0 Å². The molecule has 0 radical (unpaired) electrons. The monoisotopic (exact) mass is 242 g/mol. The van der Waals surface area contributed by atoms with E-state index in [0.717, 1.165) is 12.1 Å². The Morgan fingerprint density at radius 1 is 1.24 bits per heavy atom. The lowest BCUT2D eigenvalue weighted by molar-refractivity contribution is -0.142. The molecule has 1 heterocycles. The van der Waals surface area contributed by atoms with E-state index in [0.29, 0.717) is 18.6 Å². The van der Waals surface area contributed by atoms with Gasteiger partial charge in [-0.05, 0) is 24.1 Å². The van der Waals surface area contributed by atoms with Gasteiger partial charge in [-0.1, -0.05) is 12.1 Å². The number of rotatable bonds is 1. The Morgan fingerprint density at radius 3 is 2.29 bits per heavy atom. The maximum absolute atomic E-state index is 12.4. The third kappa shape index (κ3) is 1.38. The van der Waals surface area contributed by atoms with Crippen LogP contribution in [-0.4, -0.2) is 12.6 Å². The highest BCUT2D eigenvalue weighted by Gasteiger charge is 2.66. The Hall–Kier alpha value is -1.52. The number of carbonyl (C=O) groups excluding carboxylic acids is 1. The molecule has 3 rings (SSSR count). The number of alkyl halides is 3. The number of halogens is 3. The van der Waals surface area contributed by atoms with Crippen LogP contribution >= 0.6 is 0 Å². The van der Waals surface area contributed by atoms with Crippen LogP contribution in [0, 0.1) is 5.92 Å². The first kappa shape index (κ1) is 10.6. The summed E-state index contributed by atoms with van der Waals surface area (Å²) in [6.45, 7) is 0.389. The molecule has 5 heteroatoms. The number of hydrogen-bond acceptors (Lipinski definition) is 2. The molecule has 0 amide bonds. The molecular formula is C12H9F3O2. The number of hydrogen-bond donors (Lipinski definition) is 0. The average Bonchev–Trinajstić information content (AvgIpc) is 2.93. The van der Waals surface area contributed by atoms with Crippen molar-refractivity contribution >= 4 is 5.97 Å². The molecule has 1 aliphatic heterocycles. The molecule has 90 valence electrons. The van der Waals surface area contributed by atoms with Gasteiger partial charge in [0.05, 0.1) is 17.6 Å². The zero-order valence-corrected chi connectivity index (χ0v) is 8.75. The van der Waals surface area contributed by atoms with E-state index in [-0.39, 0.29) is 11.9 Å². The SMILES string of the molecule is O=C1OCC2CC12c1ccc(C(F)(F)F)cc1. The summed E-state index contributed by atoms with van der Waals surface area (Å²) in [5.74, 6) is -0.158. The quantitative estimate of drug-likeness (QED) is 0.707. The first-order chi connectivity index (χ1) is 7.94. The van der Waals surface area contributed by atoms with E-state index in [1.165, 1.54) is 12.1 Å². The number of cyclic esters (lactones) is 1. The van der Waals surface area contributed by atoms with Gasteiger partial charge in [-0.2, -0.15) is 13.2 Å². The van der Waals surface area contributed by atoms with E-state index in [1.54, 1.807) is 0 Å². The van der Waals surface area contributed by atoms with E-state index in [1.807, 2.05) is 0 Å². The van der Waals surface area contributed by atoms with Gasteiger partial charge >= 0.3 is 12.1 Å².